The molecule has 4 heteroatoms. The van der Waals surface area contributed by atoms with E-state index in [0.29, 0.717) is 16.9 Å². The minimum absolute atomic E-state index is 0.0632. The van der Waals surface area contributed by atoms with E-state index >= 15 is 0 Å². The lowest BCUT2D eigenvalue weighted by atomic mass is 9.90. The summed E-state index contributed by atoms with van der Waals surface area (Å²) < 4.78 is 19.7. The molecule has 0 aromatic heterocycles. The average molecular weight is 285 g/mol. The summed E-state index contributed by atoms with van der Waals surface area (Å²) in [4.78, 5) is 0. The van der Waals surface area contributed by atoms with Gasteiger partial charge in [-0.15, -0.1) is 0 Å². The van der Waals surface area contributed by atoms with Crippen LogP contribution in [0.1, 0.15) is 24.2 Å². The van der Waals surface area contributed by atoms with Crippen LogP contribution in [-0.2, 0) is 0 Å². The van der Waals surface area contributed by atoms with E-state index in [9.17, 15) is 9.50 Å². The number of aliphatic hydroxyl groups is 1. The summed E-state index contributed by atoms with van der Waals surface area (Å²) in [5, 5.41) is 10.6. The van der Waals surface area contributed by atoms with E-state index in [1.165, 1.54) is 6.07 Å². The van der Waals surface area contributed by atoms with Crippen LogP contribution in [0.3, 0.4) is 0 Å². The smallest absolute Gasteiger partial charge is 0.169 e. The summed E-state index contributed by atoms with van der Waals surface area (Å²) in [6.45, 7) is 1.77. The molecule has 1 aliphatic heterocycles. The Morgan fingerprint density at radius 2 is 1.86 bits per heavy atom. The normalized spacial score (nSPS) is 19.0. The Bertz CT molecular complexity index is 695. The second-order valence-corrected chi connectivity index (χ2v) is 5.10. The van der Waals surface area contributed by atoms with Gasteiger partial charge in [0, 0.05) is 22.7 Å². The molecule has 0 amide bonds. The van der Waals surface area contributed by atoms with E-state index < -0.39 is 18.0 Å². The lowest BCUT2D eigenvalue weighted by Gasteiger charge is -2.30. The van der Waals surface area contributed by atoms with Crippen molar-refractivity contribution in [2.24, 2.45) is 5.73 Å². The lowest BCUT2D eigenvalue weighted by molar-refractivity contribution is 0.194. The van der Waals surface area contributed by atoms with Gasteiger partial charge in [-0.25, -0.2) is 4.39 Å². The van der Waals surface area contributed by atoms with Gasteiger partial charge in [0.15, 0.2) is 11.6 Å². The Kier molecular flexibility index (Phi) is 3.49. The first-order valence-electron chi connectivity index (χ1n) is 6.79. The third-order valence-corrected chi connectivity index (χ3v) is 3.58. The highest BCUT2D eigenvalue weighted by atomic mass is 19.1. The highest BCUT2D eigenvalue weighted by molar-refractivity contribution is 5.70. The predicted molar refractivity (Wildman–Crippen MR) is 79.0 cm³/mol. The van der Waals surface area contributed by atoms with Crippen molar-refractivity contribution in [2.75, 3.05) is 0 Å². The Balaban J connectivity index is 2.20. The number of aliphatic hydroxyl groups excluding tert-OH is 1. The number of para-hydroxylation sites is 1. The van der Waals surface area contributed by atoms with E-state index in [2.05, 4.69) is 0 Å². The number of hydrogen-bond donors (Lipinski definition) is 2. The lowest BCUT2D eigenvalue weighted by Crippen LogP contribution is -2.28. The van der Waals surface area contributed by atoms with Crippen LogP contribution in [0.25, 0.3) is 5.76 Å². The number of benzene rings is 2. The fourth-order valence-corrected chi connectivity index (χ4v) is 2.57. The molecule has 3 N–H and O–H groups in total. The summed E-state index contributed by atoms with van der Waals surface area (Å²) in [6, 6.07) is 13.4. The Morgan fingerprint density at radius 1 is 1.14 bits per heavy atom. The average Bonchev–Trinajstić information content (AvgIpc) is 2.48. The first-order valence-corrected chi connectivity index (χ1v) is 6.79. The molecule has 3 nitrogen and oxygen atoms in total. The molecule has 2 atom stereocenters. The van der Waals surface area contributed by atoms with Gasteiger partial charge in [0.1, 0.15) is 11.9 Å². The Hall–Kier alpha value is -2.17. The number of rotatable bonds is 2. The molecule has 2 aromatic rings. The second-order valence-electron chi connectivity index (χ2n) is 5.10. The van der Waals surface area contributed by atoms with Gasteiger partial charge in [0.25, 0.3) is 0 Å². The summed E-state index contributed by atoms with van der Waals surface area (Å²) >= 11 is 0. The minimum atomic E-state index is -0.973. The molecule has 0 bridgehead atoms. The molecule has 0 aliphatic carbocycles. The van der Waals surface area contributed by atoms with E-state index in [1.807, 2.05) is 30.3 Å². The van der Waals surface area contributed by atoms with Crippen LogP contribution in [0.5, 0.6) is 5.75 Å². The number of halogens is 1. The van der Waals surface area contributed by atoms with E-state index in [4.69, 9.17) is 10.5 Å². The first-order chi connectivity index (χ1) is 10.1. The molecule has 0 spiro atoms. The van der Waals surface area contributed by atoms with Gasteiger partial charge >= 0.3 is 0 Å². The van der Waals surface area contributed by atoms with Gasteiger partial charge in [-0.2, -0.15) is 0 Å². The van der Waals surface area contributed by atoms with Crippen LogP contribution >= 0.6 is 0 Å². The van der Waals surface area contributed by atoms with Crippen molar-refractivity contribution in [3.8, 4) is 5.75 Å². The second kappa shape index (κ2) is 5.31. The van der Waals surface area contributed by atoms with Crippen molar-refractivity contribution in [1.29, 1.82) is 0 Å². The molecule has 108 valence electrons. The molecular formula is C17H16FNO2. The molecule has 0 saturated carbocycles. The van der Waals surface area contributed by atoms with Gasteiger partial charge in [0.2, 0.25) is 0 Å². The van der Waals surface area contributed by atoms with Crippen molar-refractivity contribution < 1.29 is 14.2 Å². The largest absolute Gasteiger partial charge is 0.453 e. The maximum absolute atomic E-state index is 14.0. The quantitative estimate of drug-likeness (QED) is 0.891. The van der Waals surface area contributed by atoms with Gasteiger partial charge < -0.3 is 15.6 Å². The summed E-state index contributed by atoms with van der Waals surface area (Å²) in [5.74, 6) is -0.00680. The predicted octanol–water partition coefficient (Wildman–Crippen LogP) is 3.01. The van der Waals surface area contributed by atoms with Crippen LogP contribution in [0.4, 0.5) is 4.39 Å². The molecular weight excluding hydrogens is 269 g/mol. The molecule has 1 aliphatic rings. The Labute approximate surface area is 122 Å². The van der Waals surface area contributed by atoms with Crippen LogP contribution in [0.2, 0.25) is 0 Å². The summed E-state index contributed by atoms with van der Waals surface area (Å²) in [6.07, 6.45) is -0.973. The fraction of sp³-hybridized carbons (Fsp3) is 0.176. The fourth-order valence-electron chi connectivity index (χ4n) is 2.57. The molecule has 3 rings (SSSR count). The zero-order valence-electron chi connectivity index (χ0n) is 11.6. The maximum atomic E-state index is 14.0. The molecule has 0 radical (unpaired) electrons. The number of hydrogen-bond acceptors (Lipinski definition) is 3. The van der Waals surface area contributed by atoms with Gasteiger partial charge in [0.05, 0.1) is 0 Å². The zero-order chi connectivity index (χ0) is 15.0. The SMILES string of the molecule is CC(N)C1=C(c2ccccc2)Oc2c(F)cccc2C1O. The highest BCUT2D eigenvalue weighted by Gasteiger charge is 2.32. The number of ether oxygens (including phenoxy) is 1. The molecule has 0 saturated heterocycles. The number of nitrogens with two attached hydrogens (primary N) is 1. The van der Waals surface area contributed by atoms with Gasteiger partial charge in [-0.1, -0.05) is 42.5 Å². The van der Waals surface area contributed by atoms with E-state index in [1.54, 1.807) is 19.1 Å². The third kappa shape index (κ3) is 2.33. The van der Waals surface area contributed by atoms with Crippen molar-refractivity contribution in [3.05, 3.63) is 71.0 Å². The van der Waals surface area contributed by atoms with Crippen LogP contribution < -0.4 is 10.5 Å². The molecule has 21 heavy (non-hydrogen) atoms. The van der Waals surface area contributed by atoms with Crippen molar-refractivity contribution in [1.82, 2.24) is 0 Å². The minimum Gasteiger partial charge on any atom is -0.453 e. The molecule has 2 aromatic carbocycles. The van der Waals surface area contributed by atoms with Crippen LogP contribution in [0, 0.1) is 5.82 Å². The summed E-state index contributed by atoms with van der Waals surface area (Å²) in [7, 11) is 0. The van der Waals surface area contributed by atoms with Crippen molar-refractivity contribution in [2.45, 2.75) is 19.1 Å². The Morgan fingerprint density at radius 3 is 2.52 bits per heavy atom. The van der Waals surface area contributed by atoms with E-state index in [-0.39, 0.29) is 5.75 Å². The van der Waals surface area contributed by atoms with Gasteiger partial charge in [-0.3, -0.25) is 0 Å². The topological polar surface area (TPSA) is 55.5 Å². The number of fused-ring (bicyclic) bond motifs is 1. The van der Waals surface area contributed by atoms with E-state index in [0.717, 1.165) is 5.56 Å². The van der Waals surface area contributed by atoms with Crippen molar-refractivity contribution >= 4 is 5.76 Å². The van der Waals surface area contributed by atoms with Crippen LogP contribution in [0.15, 0.2) is 54.1 Å². The zero-order valence-corrected chi connectivity index (χ0v) is 11.6. The summed E-state index contributed by atoms with van der Waals surface area (Å²) in [5.41, 5.74) is 7.71. The van der Waals surface area contributed by atoms with Crippen molar-refractivity contribution in [3.63, 3.8) is 0 Å². The third-order valence-electron chi connectivity index (χ3n) is 3.58. The first kappa shape index (κ1) is 13.8. The van der Waals surface area contributed by atoms with Crippen LogP contribution in [-0.4, -0.2) is 11.1 Å². The standard InChI is InChI=1S/C17H16FNO2/c1-10(19)14-15(20)12-8-5-9-13(18)17(12)21-16(14)11-6-3-2-4-7-11/h2-10,15,20H,19H2,1H3. The molecule has 1 heterocycles. The highest BCUT2D eigenvalue weighted by Crippen LogP contribution is 2.42. The monoisotopic (exact) mass is 285 g/mol. The van der Waals surface area contributed by atoms with Gasteiger partial charge in [-0.05, 0) is 13.0 Å². The molecule has 0 fully saturated rings. The molecule has 2 unspecified atom stereocenters. The maximum Gasteiger partial charge on any atom is 0.169 e.